The van der Waals surface area contributed by atoms with Crippen LogP contribution in [-0.4, -0.2) is 19.5 Å². The standard InChI is InChI=1S/C52H32N4S/c1-2-17-34(18-3-1)52(42-26-9-4-20-36(42)37-21-5-10-27-43(37)52)51-54-49(53-50(55-51)41-25-15-31-47-48(41)40-24-8-13-30-46(40)57-47)33-16-14-19-35(32-33)56-44-28-11-6-22-38(44)39-23-7-12-29-45(39)56/h1-32H. The molecule has 0 radical (unpaired) electrons. The molecule has 0 saturated carbocycles. The molecular weight excluding hydrogens is 713 g/mol. The largest absolute Gasteiger partial charge is 0.309 e. The SMILES string of the molecule is c1ccc(C2(c3nc(-c4cccc(-n5c6ccccc6c6ccccc65)c4)nc(-c4cccc5sc6ccccc6c45)n3)c3ccccc3-c3ccccc32)cc1. The first-order valence-corrected chi connectivity index (χ1v) is 20.1. The van der Waals surface area contributed by atoms with E-state index in [-0.39, 0.29) is 0 Å². The molecule has 3 heterocycles. The molecule has 8 aromatic carbocycles. The van der Waals surface area contributed by atoms with Gasteiger partial charge < -0.3 is 4.57 Å². The predicted molar refractivity (Wildman–Crippen MR) is 235 cm³/mol. The van der Waals surface area contributed by atoms with Gasteiger partial charge >= 0.3 is 0 Å². The smallest absolute Gasteiger partial charge is 0.164 e. The summed E-state index contributed by atoms with van der Waals surface area (Å²) in [5.41, 5.74) is 10.3. The van der Waals surface area contributed by atoms with Crippen molar-refractivity contribution in [2.24, 2.45) is 0 Å². The van der Waals surface area contributed by atoms with Gasteiger partial charge in [-0.3, -0.25) is 0 Å². The van der Waals surface area contributed by atoms with Crippen LogP contribution in [0.2, 0.25) is 0 Å². The van der Waals surface area contributed by atoms with Crippen LogP contribution in [0.25, 0.3) is 81.6 Å². The van der Waals surface area contributed by atoms with E-state index in [1.165, 1.54) is 53.2 Å². The van der Waals surface area contributed by atoms with Gasteiger partial charge in [-0.25, -0.2) is 15.0 Å². The summed E-state index contributed by atoms with van der Waals surface area (Å²) in [5.74, 6) is 1.99. The van der Waals surface area contributed by atoms with E-state index in [0.717, 1.165) is 33.4 Å². The van der Waals surface area contributed by atoms with E-state index in [0.29, 0.717) is 17.5 Å². The van der Waals surface area contributed by atoms with Crippen molar-refractivity contribution in [1.29, 1.82) is 0 Å². The second kappa shape index (κ2) is 12.4. The van der Waals surface area contributed by atoms with Crippen molar-refractivity contribution in [3.05, 3.63) is 217 Å². The number of benzene rings is 8. The van der Waals surface area contributed by atoms with Crippen LogP contribution in [-0.2, 0) is 5.41 Å². The van der Waals surface area contributed by atoms with E-state index in [4.69, 9.17) is 15.0 Å². The maximum absolute atomic E-state index is 5.63. The molecule has 0 aliphatic heterocycles. The average molecular weight is 745 g/mol. The van der Waals surface area contributed by atoms with Crippen LogP contribution in [0.5, 0.6) is 0 Å². The highest BCUT2D eigenvalue weighted by Gasteiger charge is 2.48. The van der Waals surface area contributed by atoms with Gasteiger partial charge in [0, 0.05) is 47.8 Å². The number of aromatic nitrogens is 4. The molecule has 0 saturated heterocycles. The molecule has 0 spiro atoms. The summed E-state index contributed by atoms with van der Waals surface area (Å²) in [5, 5.41) is 4.82. The summed E-state index contributed by atoms with van der Waals surface area (Å²) in [4.78, 5) is 16.7. The van der Waals surface area contributed by atoms with Crippen LogP contribution < -0.4 is 0 Å². The molecule has 57 heavy (non-hydrogen) atoms. The molecule has 11 aromatic rings. The summed E-state index contributed by atoms with van der Waals surface area (Å²) in [6, 6.07) is 69.3. The molecule has 5 heteroatoms. The number of nitrogens with zero attached hydrogens (tertiary/aromatic N) is 4. The third kappa shape index (κ3) is 4.64. The molecule has 12 rings (SSSR count). The van der Waals surface area contributed by atoms with E-state index in [1.54, 1.807) is 11.3 Å². The van der Waals surface area contributed by atoms with Gasteiger partial charge in [0.05, 0.1) is 11.0 Å². The van der Waals surface area contributed by atoms with E-state index in [1.807, 2.05) is 0 Å². The first-order valence-electron chi connectivity index (χ1n) is 19.3. The van der Waals surface area contributed by atoms with Gasteiger partial charge in [0.1, 0.15) is 5.41 Å². The van der Waals surface area contributed by atoms with Crippen LogP contribution in [0, 0.1) is 0 Å². The zero-order chi connectivity index (χ0) is 37.5. The van der Waals surface area contributed by atoms with Gasteiger partial charge in [0.25, 0.3) is 0 Å². The first-order chi connectivity index (χ1) is 28.3. The lowest BCUT2D eigenvalue weighted by atomic mass is 9.71. The number of para-hydroxylation sites is 2. The average Bonchev–Trinajstić information content (AvgIpc) is 3.93. The van der Waals surface area contributed by atoms with Crippen molar-refractivity contribution in [2.75, 3.05) is 0 Å². The third-order valence-corrected chi connectivity index (χ3v) is 12.9. The van der Waals surface area contributed by atoms with Crippen molar-refractivity contribution >= 4 is 53.3 Å². The Balaban J connectivity index is 1.18. The Kier molecular flexibility index (Phi) is 6.98. The highest BCUT2D eigenvalue weighted by molar-refractivity contribution is 7.25. The van der Waals surface area contributed by atoms with Crippen molar-refractivity contribution in [3.63, 3.8) is 0 Å². The molecule has 0 unspecified atom stereocenters. The predicted octanol–water partition coefficient (Wildman–Crippen LogP) is 13.0. The summed E-state index contributed by atoms with van der Waals surface area (Å²) in [7, 11) is 0. The Morgan fingerprint density at radius 1 is 0.421 bits per heavy atom. The Bertz CT molecular complexity index is 3280. The lowest BCUT2D eigenvalue weighted by Crippen LogP contribution is -2.31. The van der Waals surface area contributed by atoms with Crippen LogP contribution in [0.1, 0.15) is 22.5 Å². The summed E-state index contributed by atoms with van der Waals surface area (Å²) >= 11 is 1.81. The molecule has 0 amide bonds. The maximum Gasteiger partial charge on any atom is 0.164 e. The van der Waals surface area contributed by atoms with Gasteiger partial charge in [-0.1, -0.05) is 158 Å². The Hall–Kier alpha value is -7.21. The Morgan fingerprint density at radius 3 is 1.72 bits per heavy atom. The fourth-order valence-electron chi connectivity index (χ4n) is 9.34. The molecule has 4 nitrogen and oxygen atoms in total. The normalized spacial score (nSPS) is 13.1. The molecule has 0 bridgehead atoms. The van der Waals surface area contributed by atoms with Gasteiger partial charge in [-0.05, 0) is 64.2 Å². The van der Waals surface area contributed by atoms with Crippen molar-refractivity contribution in [3.8, 4) is 39.6 Å². The van der Waals surface area contributed by atoms with Crippen LogP contribution in [0.4, 0.5) is 0 Å². The zero-order valence-corrected chi connectivity index (χ0v) is 31.5. The van der Waals surface area contributed by atoms with Gasteiger partial charge in [-0.2, -0.15) is 0 Å². The first kappa shape index (κ1) is 32.1. The summed E-state index contributed by atoms with van der Waals surface area (Å²) in [6.07, 6.45) is 0. The monoisotopic (exact) mass is 744 g/mol. The van der Waals surface area contributed by atoms with Crippen LogP contribution in [0.3, 0.4) is 0 Å². The van der Waals surface area contributed by atoms with Crippen LogP contribution >= 0.6 is 11.3 Å². The number of hydrogen-bond donors (Lipinski definition) is 0. The zero-order valence-electron chi connectivity index (χ0n) is 30.7. The molecule has 0 fully saturated rings. The lowest BCUT2D eigenvalue weighted by Gasteiger charge is -2.32. The van der Waals surface area contributed by atoms with Crippen LogP contribution in [0.15, 0.2) is 194 Å². The molecule has 0 N–H and O–H groups in total. The molecule has 3 aromatic heterocycles. The van der Waals surface area contributed by atoms with E-state index in [9.17, 15) is 0 Å². The van der Waals surface area contributed by atoms with E-state index >= 15 is 0 Å². The minimum atomic E-state index is -0.796. The highest BCUT2D eigenvalue weighted by Crippen LogP contribution is 2.55. The topological polar surface area (TPSA) is 43.6 Å². The Morgan fingerprint density at radius 2 is 0.982 bits per heavy atom. The molecule has 1 aliphatic rings. The van der Waals surface area contributed by atoms with Gasteiger partial charge in [0.2, 0.25) is 0 Å². The summed E-state index contributed by atoms with van der Waals surface area (Å²) < 4.78 is 4.80. The minimum Gasteiger partial charge on any atom is -0.309 e. The van der Waals surface area contributed by atoms with E-state index in [2.05, 4.69) is 199 Å². The van der Waals surface area contributed by atoms with Crippen molar-refractivity contribution in [2.45, 2.75) is 5.41 Å². The van der Waals surface area contributed by atoms with Gasteiger partial charge in [0.15, 0.2) is 17.5 Å². The third-order valence-electron chi connectivity index (χ3n) is 11.7. The number of hydrogen-bond acceptors (Lipinski definition) is 4. The maximum atomic E-state index is 5.63. The molecule has 1 aliphatic carbocycles. The second-order valence-electron chi connectivity index (χ2n) is 14.7. The minimum absolute atomic E-state index is 0.631. The van der Waals surface area contributed by atoms with Crippen molar-refractivity contribution in [1.82, 2.24) is 19.5 Å². The van der Waals surface area contributed by atoms with E-state index < -0.39 is 5.41 Å². The lowest BCUT2D eigenvalue weighted by molar-refractivity contribution is 0.692. The fourth-order valence-corrected chi connectivity index (χ4v) is 10.5. The number of thiophene rings is 1. The molecule has 266 valence electrons. The molecule has 0 atom stereocenters. The summed E-state index contributed by atoms with van der Waals surface area (Å²) in [6.45, 7) is 0. The number of rotatable bonds is 5. The fraction of sp³-hybridized carbons (Fsp3) is 0.0192. The number of fused-ring (bicyclic) bond motifs is 9. The highest BCUT2D eigenvalue weighted by atomic mass is 32.1. The van der Waals surface area contributed by atoms with Gasteiger partial charge in [-0.15, -0.1) is 11.3 Å². The Labute approximate surface area is 333 Å². The molecular formula is C52H32N4S. The van der Waals surface area contributed by atoms with Crippen molar-refractivity contribution < 1.29 is 0 Å². The second-order valence-corrected chi connectivity index (χ2v) is 15.8. The quantitative estimate of drug-likeness (QED) is 0.176.